The lowest BCUT2D eigenvalue weighted by molar-refractivity contribution is -0.147. The first kappa shape index (κ1) is 16.6. The lowest BCUT2D eigenvalue weighted by Gasteiger charge is -2.33. The summed E-state index contributed by atoms with van der Waals surface area (Å²) in [5.41, 5.74) is -3.12. The van der Waals surface area contributed by atoms with E-state index >= 15 is 0 Å². The van der Waals surface area contributed by atoms with Gasteiger partial charge in [0.15, 0.2) is 0 Å². The maximum atomic E-state index is 13.5. The van der Waals surface area contributed by atoms with E-state index in [-0.39, 0.29) is 17.8 Å². The number of hydrogen-bond acceptors (Lipinski definition) is 6. The molecule has 0 saturated carbocycles. The van der Waals surface area contributed by atoms with E-state index in [1.807, 2.05) is 0 Å². The number of imide groups is 1. The average Bonchev–Trinajstić information content (AvgIpc) is 2.98. The highest BCUT2D eigenvalue weighted by molar-refractivity contribution is 6.31. The van der Waals surface area contributed by atoms with Gasteiger partial charge in [0.05, 0.1) is 18.5 Å². The first-order valence-corrected chi connectivity index (χ1v) is 8.28. The van der Waals surface area contributed by atoms with Gasteiger partial charge in [-0.2, -0.15) is 0 Å². The van der Waals surface area contributed by atoms with Crippen LogP contribution in [0.2, 0.25) is 0 Å². The number of ether oxygens (including phenoxy) is 1. The Morgan fingerprint density at radius 1 is 1.00 bits per heavy atom. The van der Waals surface area contributed by atoms with Crippen LogP contribution >= 0.6 is 0 Å². The van der Waals surface area contributed by atoms with Crippen molar-refractivity contribution in [3.05, 3.63) is 54.1 Å². The average molecular weight is 354 g/mol. The summed E-state index contributed by atoms with van der Waals surface area (Å²) in [4.78, 5) is 27.6. The predicted molar refractivity (Wildman–Crippen MR) is 93.1 cm³/mol. The van der Waals surface area contributed by atoms with Crippen molar-refractivity contribution >= 4 is 23.2 Å². The molecule has 4 rings (SSSR count). The summed E-state index contributed by atoms with van der Waals surface area (Å²) in [6.45, 7) is 1.71. The third-order valence-electron chi connectivity index (χ3n) is 5.42. The largest absolute Gasteiger partial charge is 0.495 e. The van der Waals surface area contributed by atoms with Crippen molar-refractivity contribution in [3.63, 3.8) is 0 Å². The Labute approximate surface area is 150 Å². The molecule has 0 aliphatic carbocycles. The summed E-state index contributed by atoms with van der Waals surface area (Å²) < 4.78 is 5.27. The van der Waals surface area contributed by atoms with Crippen molar-refractivity contribution in [1.82, 2.24) is 0 Å². The van der Waals surface area contributed by atoms with E-state index in [0.717, 1.165) is 4.90 Å². The molecular weight excluding hydrogens is 336 g/mol. The third kappa shape index (κ3) is 1.60. The molecule has 2 amide bonds. The molecule has 2 aromatic carbocycles. The standard InChI is InChI=1S/C19H18N2O5/c1-3-18-12-8-4-5-9-13(12)21(25)19(18,24)17(23)20(16(18)22)14-10-6-7-11-15(14)26-2/h4-11,24-25H,3H2,1-2H3/t18-,19-/m0/s1. The molecule has 0 unspecified atom stereocenters. The lowest BCUT2D eigenvalue weighted by Crippen LogP contribution is -2.59. The Bertz CT molecular complexity index is 930. The topological polar surface area (TPSA) is 90.3 Å². The highest BCUT2D eigenvalue weighted by atomic mass is 16.6. The maximum absolute atomic E-state index is 13.5. The number of para-hydroxylation sites is 3. The zero-order valence-corrected chi connectivity index (χ0v) is 14.3. The molecule has 2 atom stereocenters. The van der Waals surface area contributed by atoms with Crippen LogP contribution in [0.5, 0.6) is 5.75 Å². The van der Waals surface area contributed by atoms with Crippen LogP contribution in [0.1, 0.15) is 18.9 Å². The second-order valence-corrected chi connectivity index (χ2v) is 6.38. The van der Waals surface area contributed by atoms with Crippen molar-refractivity contribution in [2.75, 3.05) is 17.1 Å². The number of methoxy groups -OCH3 is 1. The van der Waals surface area contributed by atoms with Crippen molar-refractivity contribution in [3.8, 4) is 5.75 Å². The molecule has 0 spiro atoms. The van der Waals surface area contributed by atoms with Crippen LogP contribution in [0, 0.1) is 0 Å². The number of aliphatic hydroxyl groups is 1. The molecule has 2 aliphatic heterocycles. The SMILES string of the molecule is CC[C@]12C(=O)N(c3ccccc3OC)C(=O)[C@@]1(O)N(O)c1ccccc12. The summed E-state index contributed by atoms with van der Waals surface area (Å²) in [5.74, 6) is -1.18. The van der Waals surface area contributed by atoms with Gasteiger partial charge in [0.2, 0.25) is 5.91 Å². The molecule has 2 N–H and O–H groups in total. The van der Waals surface area contributed by atoms with E-state index in [2.05, 4.69) is 0 Å². The number of carbonyl (C=O) groups excluding carboxylic acids is 2. The molecule has 2 aliphatic rings. The third-order valence-corrected chi connectivity index (χ3v) is 5.42. The first-order valence-electron chi connectivity index (χ1n) is 8.28. The number of fused-ring (bicyclic) bond motifs is 3. The monoisotopic (exact) mass is 354 g/mol. The van der Waals surface area contributed by atoms with Crippen LogP contribution in [0.25, 0.3) is 0 Å². The number of hydrogen-bond donors (Lipinski definition) is 2. The number of amides is 2. The van der Waals surface area contributed by atoms with Gasteiger partial charge in [-0.05, 0) is 30.2 Å². The number of nitrogens with zero attached hydrogens (tertiary/aromatic N) is 2. The van der Waals surface area contributed by atoms with Crippen LogP contribution in [0.4, 0.5) is 11.4 Å². The minimum absolute atomic E-state index is 0.133. The molecule has 0 aromatic heterocycles. The van der Waals surface area contributed by atoms with Gasteiger partial charge < -0.3 is 9.84 Å². The second kappa shape index (κ2) is 5.30. The Morgan fingerprint density at radius 2 is 1.62 bits per heavy atom. The summed E-state index contributed by atoms with van der Waals surface area (Å²) in [7, 11) is 1.43. The minimum Gasteiger partial charge on any atom is -0.495 e. The zero-order chi connectivity index (χ0) is 18.7. The molecule has 7 heteroatoms. The Kier molecular flexibility index (Phi) is 3.37. The summed E-state index contributed by atoms with van der Waals surface area (Å²) >= 11 is 0. The summed E-state index contributed by atoms with van der Waals surface area (Å²) in [6, 6.07) is 13.2. The van der Waals surface area contributed by atoms with Crippen LogP contribution < -0.4 is 14.7 Å². The van der Waals surface area contributed by atoms with Crippen LogP contribution in [-0.4, -0.2) is 35.0 Å². The fraction of sp³-hybridized carbons (Fsp3) is 0.263. The maximum Gasteiger partial charge on any atom is 0.291 e. The fourth-order valence-corrected chi connectivity index (χ4v) is 4.16. The molecule has 0 radical (unpaired) electrons. The van der Waals surface area contributed by atoms with Gasteiger partial charge in [-0.15, -0.1) is 0 Å². The van der Waals surface area contributed by atoms with E-state index < -0.39 is 23.0 Å². The van der Waals surface area contributed by atoms with Crippen molar-refractivity contribution in [2.24, 2.45) is 0 Å². The van der Waals surface area contributed by atoms with Crippen molar-refractivity contribution < 1.29 is 24.6 Å². The molecular formula is C19H18N2O5. The van der Waals surface area contributed by atoms with Gasteiger partial charge in [-0.3, -0.25) is 14.8 Å². The number of anilines is 2. The summed E-state index contributed by atoms with van der Waals surface area (Å²) in [6.07, 6.45) is 0.133. The molecule has 2 heterocycles. The van der Waals surface area contributed by atoms with E-state index in [9.17, 15) is 19.9 Å². The quantitative estimate of drug-likeness (QED) is 0.817. The van der Waals surface area contributed by atoms with E-state index in [0.29, 0.717) is 16.4 Å². The second-order valence-electron chi connectivity index (χ2n) is 6.38. The fourth-order valence-electron chi connectivity index (χ4n) is 4.16. The Hall–Kier alpha value is -2.90. The summed E-state index contributed by atoms with van der Waals surface area (Å²) in [5, 5.41) is 22.5. The van der Waals surface area contributed by atoms with Gasteiger partial charge >= 0.3 is 0 Å². The Balaban J connectivity index is 1.99. The lowest BCUT2D eigenvalue weighted by atomic mass is 9.73. The van der Waals surface area contributed by atoms with Gasteiger partial charge in [0.1, 0.15) is 11.2 Å². The van der Waals surface area contributed by atoms with Gasteiger partial charge in [0.25, 0.3) is 11.6 Å². The molecule has 1 fully saturated rings. The highest BCUT2D eigenvalue weighted by Gasteiger charge is 2.76. The molecule has 0 bridgehead atoms. The van der Waals surface area contributed by atoms with Gasteiger partial charge in [-0.25, -0.2) is 9.96 Å². The van der Waals surface area contributed by atoms with Crippen molar-refractivity contribution in [1.29, 1.82) is 0 Å². The first-order chi connectivity index (χ1) is 12.4. The number of rotatable bonds is 3. The number of carbonyl (C=O) groups is 2. The minimum atomic E-state index is -2.41. The smallest absolute Gasteiger partial charge is 0.291 e. The van der Waals surface area contributed by atoms with E-state index in [1.165, 1.54) is 7.11 Å². The number of hydroxylamine groups is 1. The molecule has 7 nitrogen and oxygen atoms in total. The van der Waals surface area contributed by atoms with E-state index in [4.69, 9.17) is 4.74 Å². The van der Waals surface area contributed by atoms with Crippen LogP contribution in [0.15, 0.2) is 48.5 Å². The van der Waals surface area contributed by atoms with Crippen LogP contribution in [-0.2, 0) is 15.0 Å². The van der Waals surface area contributed by atoms with Crippen molar-refractivity contribution in [2.45, 2.75) is 24.5 Å². The van der Waals surface area contributed by atoms with Crippen LogP contribution in [0.3, 0.4) is 0 Å². The normalized spacial score (nSPS) is 26.9. The Morgan fingerprint density at radius 3 is 2.27 bits per heavy atom. The zero-order valence-electron chi connectivity index (χ0n) is 14.3. The van der Waals surface area contributed by atoms with Gasteiger partial charge in [-0.1, -0.05) is 37.3 Å². The molecule has 1 saturated heterocycles. The molecule has 134 valence electrons. The van der Waals surface area contributed by atoms with E-state index in [1.54, 1.807) is 55.5 Å². The molecule has 2 aromatic rings. The van der Waals surface area contributed by atoms with Gasteiger partial charge in [0, 0.05) is 0 Å². The predicted octanol–water partition coefficient (Wildman–Crippen LogP) is 1.81. The molecule has 26 heavy (non-hydrogen) atoms. The number of benzene rings is 2. The highest BCUT2D eigenvalue weighted by Crippen LogP contribution is 2.57.